The normalized spacial score (nSPS) is 25.7. The Balaban J connectivity index is 2.23. The molecule has 0 radical (unpaired) electrons. The molecule has 1 fully saturated rings. The van der Waals surface area contributed by atoms with Crippen LogP contribution in [0.4, 0.5) is 0 Å². The highest BCUT2D eigenvalue weighted by atomic mass is 16.1. The van der Waals surface area contributed by atoms with Gasteiger partial charge in [-0.25, -0.2) is 0 Å². The molecule has 0 spiro atoms. The highest BCUT2D eigenvalue weighted by Crippen LogP contribution is 2.37. The Labute approximate surface area is 97.9 Å². The fraction of sp³-hybridized carbons (Fsp3) is 0.533. The van der Waals surface area contributed by atoms with Gasteiger partial charge in [0.25, 0.3) is 0 Å². The zero-order valence-electron chi connectivity index (χ0n) is 9.99. The van der Waals surface area contributed by atoms with E-state index in [0.29, 0.717) is 11.7 Å². The van der Waals surface area contributed by atoms with Crippen molar-refractivity contribution in [1.29, 1.82) is 0 Å². The number of hydrogen-bond acceptors (Lipinski definition) is 1. The number of ketones is 1. The SMILES string of the molecule is CCC[C@@H]1CCCC(=O)[C@H]1c1ccccc1. The summed E-state index contributed by atoms with van der Waals surface area (Å²) in [7, 11) is 0. The summed E-state index contributed by atoms with van der Waals surface area (Å²) in [5.41, 5.74) is 1.23. The maximum absolute atomic E-state index is 12.1. The van der Waals surface area contributed by atoms with Crippen LogP contribution in [0.25, 0.3) is 0 Å². The van der Waals surface area contributed by atoms with Gasteiger partial charge in [0.1, 0.15) is 5.78 Å². The van der Waals surface area contributed by atoms with Crippen molar-refractivity contribution in [2.75, 3.05) is 0 Å². The molecule has 0 aliphatic heterocycles. The van der Waals surface area contributed by atoms with E-state index in [0.717, 1.165) is 12.8 Å². The van der Waals surface area contributed by atoms with Crippen molar-refractivity contribution in [3.8, 4) is 0 Å². The van der Waals surface area contributed by atoms with Crippen molar-refractivity contribution in [3.63, 3.8) is 0 Å². The van der Waals surface area contributed by atoms with E-state index in [1.165, 1.54) is 24.8 Å². The van der Waals surface area contributed by atoms with Gasteiger partial charge in [-0.05, 0) is 30.7 Å². The van der Waals surface area contributed by atoms with E-state index in [2.05, 4.69) is 19.1 Å². The molecular formula is C15H20O. The van der Waals surface area contributed by atoms with Crippen LogP contribution in [0.1, 0.15) is 50.5 Å². The highest BCUT2D eigenvalue weighted by molar-refractivity contribution is 5.86. The largest absolute Gasteiger partial charge is 0.299 e. The Morgan fingerprint density at radius 1 is 1.25 bits per heavy atom. The number of benzene rings is 1. The Bertz CT molecular complexity index is 340. The van der Waals surface area contributed by atoms with Crippen LogP contribution < -0.4 is 0 Å². The second-order valence-corrected chi connectivity index (χ2v) is 4.80. The Kier molecular flexibility index (Phi) is 3.76. The molecule has 1 heteroatoms. The summed E-state index contributed by atoms with van der Waals surface area (Å²) < 4.78 is 0. The lowest BCUT2D eigenvalue weighted by Crippen LogP contribution is -2.26. The van der Waals surface area contributed by atoms with Crippen LogP contribution >= 0.6 is 0 Å². The Morgan fingerprint density at radius 2 is 2.00 bits per heavy atom. The molecule has 0 aromatic heterocycles. The minimum atomic E-state index is 0.176. The number of Topliss-reactive ketones (excluding diaryl/α,β-unsaturated/α-hetero) is 1. The van der Waals surface area contributed by atoms with E-state index in [9.17, 15) is 4.79 Å². The zero-order chi connectivity index (χ0) is 11.4. The zero-order valence-corrected chi connectivity index (χ0v) is 9.99. The molecule has 0 saturated heterocycles. The molecule has 1 aromatic rings. The summed E-state index contributed by atoms with van der Waals surface area (Å²) in [5, 5.41) is 0. The van der Waals surface area contributed by atoms with Gasteiger partial charge in [-0.2, -0.15) is 0 Å². The number of rotatable bonds is 3. The summed E-state index contributed by atoms with van der Waals surface area (Å²) in [6.07, 6.45) is 5.46. The van der Waals surface area contributed by atoms with E-state index in [1.807, 2.05) is 18.2 Å². The number of carbonyl (C=O) groups is 1. The second kappa shape index (κ2) is 5.29. The maximum atomic E-state index is 12.1. The topological polar surface area (TPSA) is 17.1 Å². The molecular weight excluding hydrogens is 196 g/mol. The molecule has 0 heterocycles. The second-order valence-electron chi connectivity index (χ2n) is 4.80. The van der Waals surface area contributed by atoms with Gasteiger partial charge in [0, 0.05) is 12.3 Å². The lowest BCUT2D eigenvalue weighted by Gasteiger charge is -2.30. The first kappa shape index (κ1) is 11.4. The van der Waals surface area contributed by atoms with Crippen LogP contribution in [0.5, 0.6) is 0 Å². The molecule has 0 bridgehead atoms. The third kappa shape index (κ3) is 2.34. The van der Waals surface area contributed by atoms with Gasteiger partial charge in [-0.3, -0.25) is 4.79 Å². The minimum absolute atomic E-state index is 0.176. The van der Waals surface area contributed by atoms with Gasteiger partial charge in [0.05, 0.1) is 0 Å². The number of carbonyl (C=O) groups excluding carboxylic acids is 1. The van der Waals surface area contributed by atoms with Gasteiger partial charge in [-0.15, -0.1) is 0 Å². The molecule has 1 aliphatic rings. The van der Waals surface area contributed by atoms with E-state index >= 15 is 0 Å². The van der Waals surface area contributed by atoms with Crippen molar-refractivity contribution >= 4 is 5.78 Å². The summed E-state index contributed by atoms with van der Waals surface area (Å²) in [4.78, 5) is 12.1. The molecule has 1 aromatic carbocycles. The predicted octanol–water partition coefficient (Wildman–Crippen LogP) is 3.94. The molecule has 0 unspecified atom stereocenters. The standard InChI is InChI=1S/C15H20O/c1-2-7-12-10-6-11-14(16)15(12)13-8-4-3-5-9-13/h3-5,8-9,12,15H,2,6-7,10-11H2,1H3/t12-,15-/m1/s1. The van der Waals surface area contributed by atoms with Gasteiger partial charge in [-0.1, -0.05) is 43.7 Å². The van der Waals surface area contributed by atoms with Crippen molar-refractivity contribution in [3.05, 3.63) is 35.9 Å². The van der Waals surface area contributed by atoms with E-state index in [4.69, 9.17) is 0 Å². The molecule has 0 N–H and O–H groups in total. The lowest BCUT2D eigenvalue weighted by atomic mass is 9.73. The highest BCUT2D eigenvalue weighted by Gasteiger charge is 2.31. The lowest BCUT2D eigenvalue weighted by molar-refractivity contribution is -0.123. The summed E-state index contributed by atoms with van der Waals surface area (Å²) in [6, 6.07) is 10.3. The molecule has 2 rings (SSSR count). The minimum Gasteiger partial charge on any atom is -0.299 e. The van der Waals surface area contributed by atoms with Gasteiger partial charge in [0.15, 0.2) is 0 Å². The van der Waals surface area contributed by atoms with Gasteiger partial charge in [0.2, 0.25) is 0 Å². The van der Waals surface area contributed by atoms with Crippen LogP contribution in [0.15, 0.2) is 30.3 Å². The smallest absolute Gasteiger partial charge is 0.140 e. The quantitative estimate of drug-likeness (QED) is 0.748. The Hall–Kier alpha value is -1.11. The predicted molar refractivity (Wildman–Crippen MR) is 66.4 cm³/mol. The first-order chi connectivity index (χ1) is 7.83. The molecule has 1 nitrogen and oxygen atoms in total. The summed E-state index contributed by atoms with van der Waals surface area (Å²) >= 11 is 0. The summed E-state index contributed by atoms with van der Waals surface area (Å²) in [5.74, 6) is 1.21. The van der Waals surface area contributed by atoms with Crippen LogP contribution in [-0.2, 0) is 4.79 Å². The van der Waals surface area contributed by atoms with Crippen LogP contribution in [0.3, 0.4) is 0 Å². The van der Waals surface area contributed by atoms with Crippen molar-refractivity contribution < 1.29 is 4.79 Å². The van der Waals surface area contributed by atoms with E-state index in [1.54, 1.807) is 0 Å². The Morgan fingerprint density at radius 3 is 2.69 bits per heavy atom. The third-order valence-electron chi connectivity index (χ3n) is 3.63. The average molecular weight is 216 g/mol. The van der Waals surface area contributed by atoms with E-state index < -0.39 is 0 Å². The molecule has 1 saturated carbocycles. The molecule has 2 atom stereocenters. The van der Waals surface area contributed by atoms with Gasteiger partial charge < -0.3 is 0 Å². The molecule has 86 valence electrons. The van der Waals surface area contributed by atoms with Crippen molar-refractivity contribution in [2.45, 2.75) is 44.9 Å². The molecule has 0 amide bonds. The molecule has 1 aliphatic carbocycles. The average Bonchev–Trinajstić information content (AvgIpc) is 2.31. The summed E-state index contributed by atoms with van der Waals surface area (Å²) in [6.45, 7) is 2.21. The van der Waals surface area contributed by atoms with Crippen molar-refractivity contribution in [1.82, 2.24) is 0 Å². The van der Waals surface area contributed by atoms with Gasteiger partial charge >= 0.3 is 0 Å². The third-order valence-corrected chi connectivity index (χ3v) is 3.63. The monoisotopic (exact) mass is 216 g/mol. The molecule has 16 heavy (non-hydrogen) atoms. The van der Waals surface area contributed by atoms with Crippen LogP contribution in [0.2, 0.25) is 0 Å². The van der Waals surface area contributed by atoms with Crippen molar-refractivity contribution in [2.24, 2.45) is 5.92 Å². The number of hydrogen-bond donors (Lipinski definition) is 0. The first-order valence-electron chi connectivity index (χ1n) is 6.40. The van der Waals surface area contributed by atoms with Crippen LogP contribution in [-0.4, -0.2) is 5.78 Å². The van der Waals surface area contributed by atoms with Crippen LogP contribution in [0, 0.1) is 5.92 Å². The fourth-order valence-corrected chi connectivity index (χ4v) is 2.92. The first-order valence-corrected chi connectivity index (χ1v) is 6.40. The fourth-order valence-electron chi connectivity index (χ4n) is 2.92. The van der Waals surface area contributed by atoms with E-state index in [-0.39, 0.29) is 5.92 Å². The maximum Gasteiger partial charge on any atom is 0.140 e.